The summed E-state index contributed by atoms with van der Waals surface area (Å²) in [6.45, 7) is 5.13. The SMILES string of the molecule is CC(C)CCNc1ccc(NS(=O)(=O)c2ccc3c(c2)CCCC3)nn1. The molecule has 140 valence electrons. The highest BCUT2D eigenvalue weighted by Crippen LogP contribution is 2.25. The fraction of sp³-hybridized carbons (Fsp3) is 0.474. The van der Waals surface area contributed by atoms with E-state index < -0.39 is 10.0 Å². The Morgan fingerprint density at radius 3 is 2.38 bits per heavy atom. The first kappa shape index (κ1) is 18.6. The van der Waals surface area contributed by atoms with Crippen LogP contribution in [0.3, 0.4) is 0 Å². The lowest BCUT2D eigenvalue weighted by molar-refractivity contribution is 0.600. The summed E-state index contributed by atoms with van der Waals surface area (Å²) in [7, 11) is -3.66. The fourth-order valence-electron chi connectivity index (χ4n) is 3.04. The summed E-state index contributed by atoms with van der Waals surface area (Å²) in [6, 6.07) is 8.74. The number of aromatic nitrogens is 2. The quantitative estimate of drug-likeness (QED) is 0.773. The van der Waals surface area contributed by atoms with Crippen LogP contribution in [0, 0.1) is 5.92 Å². The van der Waals surface area contributed by atoms with Crippen molar-refractivity contribution in [3.05, 3.63) is 41.5 Å². The topological polar surface area (TPSA) is 84.0 Å². The molecule has 26 heavy (non-hydrogen) atoms. The van der Waals surface area contributed by atoms with Crippen LogP contribution in [-0.2, 0) is 22.9 Å². The summed E-state index contributed by atoms with van der Waals surface area (Å²) in [6.07, 6.45) is 5.29. The van der Waals surface area contributed by atoms with E-state index in [0.717, 1.165) is 37.8 Å². The van der Waals surface area contributed by atoms with Gasteiger partial charge in [-0.2, -0.15) is 0 Å². The lowest BCUT2D eigenvalue weighted by Gasteiger charge is -2.16. The van der Waals surface area contributed by atoms with Gasteiger partial charge in [-0.25, -0.2) is 8.42 Å². The van der Waals surface area contributed by atoms with E-state index in [1.54, 1.807) is 24.3 Å². The van der Waals surface area contributed by atoms with Gasteiger partial charge in [0.1, 0.15) is 5.82 Å². The van der Waals surface area contributed by atoms with Gasteiger partial charge >= 0.3 is 0 Å². The molecule has 0 spiro atoms. The molecule has 0 unspecified atom stereocenters. The molecule has 0 amide bonds. The number of fused-ring (bicyclic) bond motifs is 1. The first-order valence-electron chi connectivity index (χ1n) is 9.16. The second kappa shape index (κ2) is 8.03. The van der Waals surface area contributed by atoms with Gasteiger partial charge in [0.2, 0.25) is 0 Å². The molecule has 0 saturated heterocycles. The highest BCUT2D eigenvalue weighted by atomic mass is 32.2. The Hall–Kier alpha value is -2.15. The van der Waals surface area contributed by atoms with Crippen molar-refractivity contribution in [1.82, 2.24) is 10.2 Å². The number of sulfonamides is 1. The molecule has 0 bridgehead atoms. The summed E-state index contributed by atoms with van der Waals surface area (Å²) in [5.41, 5.74) is 2.39. The highest BCUT2D eigenvalue weighted by Gasteiger charge is 2.18. The van der Waals surface area contributed by atoms with Gasteiger partial charge in [-0.05, 0) is 73.4 Å². The van der Waals surface area contributed by atoms with Crippen LogP contribution in [0.5, 0.6) is 0 Å². The number of aryl methyl sites for hydroxylation is 2. The Morgan fingerprint density at radius 2 is 1.69 bits per heavy atom. The summed E-state index contributed by atoms with van der Waals surface area (Å²) < 4.78 is 27.8. The van der Waals surface area contributed by atoms with E-state index in [-0.39, 0.29) is 10.7 Å². The molecule has 0 atom stereocenters. The number of nitrogens with one attached hydrogen (secondary N) is 2. The van der Waals surface area contributed by atoms with Crippen LogP contribution < -0.4 is 10.0 Å². The van der Waals surface area contributed by atoms with Gasteiger partial charge < -0.3 is 5.32 Å². The zero-order valence-electron chi connectivity index (χ0n) is 15.3. The first-order valence-corrected chi connectivity index (χ1v) is 10.6. The summed E-state index contributed by atoms with van der Waals surface area (Å²) in [4.78, 5) is 0.277. The molecular weight excluding hydrogens is 348 g/mol. The number of hydrogen-bond donors (Lipinski definition) is 2. The van der Waals surface area contributed by atoms with E-state index in [1.807, 2.05) is 6.07 Å². The molecule has 3 rings (SSSR count). The zero-order chi connectivity index (χ0) is 18.6. The average Bonchev–Trinajstić information content (AvgIpc) is 2.62. The Balaban J connectivity index is 1.67. The van der Waals surface area contributed by atoms with Gasteiger partial charge in [-0.1, -0.05) is 19.9 Å². The van der Waals surface area contributed by atoms with E-state index in [0.29, 0.717) is 11.7 Å². The third kappa shape index (κ3) is 4.72. The molecule has 1 aromatic carbocycles. The molecule has 1 aromatic heterocycles. The average molecular weight is 375 g/mol. The molecule has 0 aliphatic heterocycles. The number of hydrogen-bond acceptors (Lipinski definition) is 5. The van der Waals surface area contributed by atoms with E-state index in [2.05, 4.69) is 34.1 Å². The van der Waals surface area contributed by atoms with Crippen LogP contribution in [0.15, 0.2) is 35.2 Å². The Bertz CT molecular complexity index is 848. The van der Waals surface area contributed by atoms with Gasteiger partial charge in [0.15, 0.2) is 5.82 Å². The van der Waals surface area contributed by atoms with Crippen molar-refractivity contribution in [2.24, 2.45) is 5.92 Å². The third-order valence-electron chi connectivity index (χ3n) is 4.56. The van der Waals surface area contributed by atoms with E-state index in [1.165, 1.54) is 12.0 Å². The second-order valence-corrected chi connectivity index (χ2v) is 8.84. The number of benzene rings is 1. The van der Waals surface area contributed by atoms with Crippen LogP contribution in [0.2, 0.25) is 0 Å². The summed E-state index contributed by atoms with van der Waals surface area (Å²) in [5, 5.41) is 11.2. The van der Waals surface area contributed by atoms with E-state index in [4.69, 9.17) is 0 Å². The van der Waals surface area contributed by atoms with Crippen LogP contribution in [0.25, 0.3) is 0 Å². The van der Waals surface area contributed by atoms with Crippen LogP contribution in [-0.4, -0.2) is 25.2 Å². The molecular formula is C19H26N4O2S. The summed E-state index contributed by atoms with van der Waals surface area (Å²) >= 11 is 0. The monoisotopic (exact) mass is 374 g/mol. The highest BCUT2D eigenvalue weighted by molar-refractivity contribution is 7.92. The van der Waals surface area contributed by atoms with Gasteiger partial charge in [0.25, 0.3) is 10.0 Å². The standard InChI is InChI=1S/C19H26N4O2S/c1-14(2)11-12-20-18-9-10-19(22-21-18)23-26(24,25)17-8-7-15-5-3-4-6-16(15)13-17/h7-10,13-14H,3-6,11-12H2,1-2H3,(H,20,21)(H,22,23). The number of rotatable bonds is 7. The van der Waals surface area contributed by atoms with Crippen molar-refractivity contribution < 1.29 is 8.42 Å². The molecule has 6 nitrogen and oxygen atoms in total. The molecule has 0 radical (unpaired) electrons. The predicted molar refractivity (Wildman–Crippen MR) is 104 cm³/mol. The Kier molecular flexibility index (Phi) is 5.76. The number of nitrogens with zero attached hydrogens (tertiary/aromatic N) is 2. The minimum Gasteiger partial charge on any atom is -0.369 e. The fourth-order valence-corrected chi connectivity index (χ4v) is 4.09. The Labute approximate surface area is 155 Å². The van der Waals surface area contributed by atoms with Crippen molar-refractivity contribution in [2.45, 2.75) is 50.8 Å². The molecule has 7 heteroatoms. The number of anilines is 2. The predicted octanol–water partition coefficient (Wildman–Crippen LogP) is 3.61. The van der Waals surface area contributed by atoms with Gasteiger partial charge in [-0.3, -0.25) is 4.72 Å². The molecule has 2 aromatic rings. The maximum atomic E-state index is 12.6. The largest absolute Gasteiger partial charge is 0.369 e. The van der Waals surface area contributed by atoms with Crippen LogP contribution in [0.4, 0.5) is 11.6 Å². The summed E-state index contributed by atoms with van der Waals surface area (Å²) in [5.74, 6) is 1.47. The van der Waals surface area contributed by atoms with Gasteiger partial charge in [0, 0.05) is 6.54 Å². The van der Waals surface area contributed by atoms with Crippen molar-refractivity contribution in [2.75, 3.05) is 16.6 Å². The van der Waals surface area contributed by atoms with Crippen molar-refractivity contribution >= 4 is 21.7 Å². The molecule has 0 saturated carbocycles. The van der Waals surface area contributed by atoms with Crippen molar-refractivity contribution in [3.8, 4) is 0 Å². The smallest absolute Gasteiger partial charge is 0.263 e. The first-order chi connectivity index (χ1) is 12.4. The Morgan fingerprint density at radius 1 is 1.00 bits per heavy atom. The van der Waals surface area contributed by atoms with Crippen LogP contribution in [0.1, 0.15) is 44.2 Å². The maximum absolute atomic E-state index is 12.6. The van der Waals surface area contributed by atoms with Crippen LogP contribution >= 0.6 is 0 Å². The second-order valence-electron chi connectivity index (χ2n) is 7.16. The zero-order valence-corrected chi connectivity index (χ0v) is 16.1. The normalized spacial score (nSPS) is 14.1. The lowest BCUT2D eigenvalue weighted by atomic mass is 9.92. The van der Waals surface area contributed by atoms with Crippen molar-refractivity contribution in [3.63, 3.8) is 0 Å². The molecule has 1 aliphatic rings. The van der Waals surface area contributed by atoms with Gasteiger partial charge in [0.05, 0.1) is 4.90 Å². The molecule has 1 heterocycles. The molecule has 2 N–H and O–H groups in total. The third-order valence-corrected chi connectivity index (χ3v) is 5.91. The maximum Gasteiger partial charge on any atom is 0.263 e. The van der Waals surface area contributed by atoms with E-state index >= 15 is 0 Å². The molecule has 0 fully saturated rings. The molecule has 1 aliphatic carbocycles. The minimum absolute atomic E-state index is 0.220. The van der Waals surface area contributed by atoms with Gasteiger partial charge in [-0.15, -0.1) is 10.2 Å². The van der Waals surface area contributed by atoms with Crippen molar-refractivity contribution in [1.29, 1.82) is 0 Å². The lowest BCUT2D eigenvalue weighted by Crippen LogP contribution is -2.16. The van der Waals surface area contributed by atoms with E-state index in [9.17, 15) is 8.42 Å². The minimum atomic E-state index is -3.66.